The van der Waals surface area contributed by atoms with E-state index in [0.29, 0.717) is 17.5 Å². The van der Waals surface area contributed by atoms with Gasteiger partial charge in [0.25, 0.3) is 0 Å². The molecule has 6 nitrogen and oxygen atoms in total. The Morgan fingerprint density at radius 2 is 1.87 bits per heavy atom. The van der Waals surface area contributed by atoms with Crippen LogP contribution in [0.15, 0.2) is 60.9 Å². The van der Waals surface area contributed by atoms with Crippen molar-refractivity contribution in [3.05, 3.63) is 89.1 Å². The highest BCUT2D eigenvalue weighted by Crippen LogP contribution is 2.65. The molecule has 2 aromatic carbocycles. The maximum absolute atomic E-state index is 14.8. The summed E-state index contributed by atoms with van der Waals surface area (Å²) in [5, 5.41) is 5.69. The molecule has 5 aromatic rings. The quantitative estimate of drug-likeness (QED) is 0.304. The molecule has 7 rings (SSSR count). The van der Waals surface area contributed by atoms with Crippen molar-refractivity contribution in [3.8, 4) is 0 Å². The largest absolute Gasteiger partial charge is 0.355 e. The zero-order valence-corrected chi connectivity index (χ0v) is 22.0. The number of benzene rings is 2. The molecule has 1 saturated heterocycles. The summed E-state index contributed by atoms with van der Waals surface area (Å²) in [6.07, 6.45) is 6.66. The number of anilines is 1. The summed E-state index contributed by atoms with van der Waals surface area (Å²) in [5.74, 6) is 1.79. The minimum absolute atomic E-state index is 0.0578. The summed E-state index contributed by atoms with van der Waals surface area (Å²) in [6.45, 7) is 6.15. The van der Waals surface area contributed by atoms with Gasteiger partial charge in [-0.2, -0.15) is 5.10 Å². The van der Waals surface area contributed by atoms with Crippen LogP contribution in [0.2, 0.25) is 0 Å². The summed E-state index contributed by atoms with van der Waals surface area (Å²) in [7, 11) is 1.95. The Hall–Kier alpha value is -3.87. The van der Waals surface area contributed by atoms with Crippen LogP contribution >= 0.6 is 0 Å². The second kappa shape index (κ2) is 8.58. The van der Waals surface area contributed by atoms with Crippen LogP contribution in [-0.4, -0.2) is 37.8 Å². The molecule has 192 valence electrons. The third-order valence-electron chi connectivity index (χ3n) is 9.12. The molecule has 0 spiro atoms. The van der Waals surface area contributed by atoms with E-state index in [0.717, 1.165) is 60.5 Å². The van der Waals surface area contributed by atoms with Crippen LogP contribution in [0, 0.1) is 24.6 Å². The molecule has 2 aliphatic rings. The van der Waals surface area contributed by atoms with Crippen LogP contribution in [0.3, 0.4) is 0 Å². The normalized spacial score (nSPS) is 22.7. The molecule has 0 radical (unpaired) electrons. The molecule has 4 heterocycles. The van der Waals surface area contributed by atoms with E-state index in [1.165, 1.54) is 16.5 Å². The van der Waals surface area contributed by atoms with Gasteiger partial charge in [-0.05, 0) is 72.6 Å². The highest BCUT2D eigenvalue weighted by Gasteiger charge is 2.65. The van der Waals surface area contributed by atoms with Gasteiger partial charge in [-0.1, -0.05) is 31.2 Å². The number of aromatic nitrogens is 5. The zero-order valence-electron chi connectivity index (χ0n) is 22.0. The Bertz CT molecular complexity index is 1690. The van der Waals surface area contributed by atoms with Gasteiger partial charge in [-0.3, -0.25) is 4.68 Å². The molecule has 7 heteroatoms. The Labute approximate surface area is 221 Å². The van der Waals surface area contributed by atoms with Crippen molar-refractivity contribution in [1.82, 2.24) is 24.7 Å². The number of hydrogen-bond acceptors (Lipinski definition) is 5. The Morgan fingerprint density at radius 1 is 1.03 bits per heavy atom. The van der Waals surface area contributed by atoms with Crippen LogP contribution in [0.25, 0.3) is 22.1 Å². The smallest absolute Gasteiger partial charge is 0.178 e. The molecule has 1 aliphatic carbocycles. The summed E-state index contributed by atoms with van der Waals surface area (Å²) in [5.41, 5.74) is 6.77. The Morgan fingerprint density at radius 3 is 2.71 bits per heavy atom. The van der Waals surface area contributed by atoms with E-state index < -0.39 is 0 Å². The first-order valence-electron chi connectivity index (χ1n) is 13.5. The lowest BCUT2D eigenvalue weighted by Gasteiger charge is -2.27. The lowest BCUT2D eigenvalue weighted by molar-refractivity contribution is 0.516. The highest BCUT2D eigenvalue weighted by molar-refractivity contribution is 5.83. The fourth-order valence-electron chi connectivity index (χ4n) is 7.10. The maximum Gasteiger partial charge on any atom is 0.178 e. The minimum atomic E-state index is -0.0711. The lowest BCUT2D eigenvalue weighted by atomic mass is 9.88. The fourth-order valence-corrected chi connectivity index (χ4v) is 7.10. The van der Waals surface area contributed by atoms with Crippen LogP contribution in [0.4, 0.5) is 10.2 Å². The van der Waals surface area contributed by atoms with Gasteiger partial charge in [0, 0.05) is 49.2 Å². The zero-order chi connectivity index (χ0) is 26.0. The Kier molecular flexibility index (Phi) is 5.25. The number of halogens is 1. The molecule has 0 bridgehead atoms. The number of rotatable bonds is 5. The topological polar surface area (TPSA) is 59.7 Å². The first kappa shape index (κ1) is 23.3. The van der Waals surface area contributed by atoms with E-state index >= 15 is 0 Å². The van der Waals surface area contributed by atoms with Crippen molar-refractivity contribution < 1.29 is 4.39 Å². The average Bonchev–Trinajstić information content (AvgIpc) is 3.42. The van der Waals surface area contributed by atoms with Gasteiger partial charge in [-0.25, -0.2) is 19.3 Å². The van der Waals surface area contributed by atoms with Crippen molar-refractivity contribution in [2.45, 2.75) is 38.5 Å². The van der Waals surface area contributed by atoms with Crippen LogP contribution in [0.5, 0.6) is 0 Å². The van der Waals surface area contributed by atoms with Crippen molar-refractivity contribution in [1.29, 1.82) is 0 Å². The average molecular weight is 507 g/mol. The first-order valence-corrected chi connectivity index (χ1v) is 13.5. The number of hydrogen-bond donors (Lipinski definition) is 0. The SMILES string of the molecule is CC[C@]1(c2ccccc2F)C2CCN(c3cnc4nc(Cc5ccc6nn(C)cc6c5C)ccc4n3)CC21. The van der Waals surface area contributed by atoms with Crippen molar-refractivity contribution >= 4 is 27.9 Å². The van der Waals surface area contributed by atoms with E-state index in [1.54, 1.807) is 12.1 Å². The van der Waals surface area contributed by atoms with Gasteiger partial charge in [0.05, 0.1) is 11.7 Å². The highest BCUT2D eigenvalue weighted by atomic mass is 19.1. The number of piperidine rings is 1. The van der Waals surface area contributed by atoms with E-state index in [1.807, 2.05) is 36.1 Å². The van der Waals surface area contributed by atoms with Crippen molar-refractivity contribution in [3.63, 3.8) is 0 Å². The van der Waals surface area contributed by atoms with Gasteiger partial charge >= 0.3 is 0 Å². The monoisotopic (exact) mass is 506 g/mol. The number of nitrogens with zero attached hydrogens (tertiary/aromatic N) is 6. The summed E-state index contributed by atoms with van der Waals surface area (Å²) in [6, 6.07) is 15.6. The molecular formula is C31H31FN6. The third-order valence-corrected chi connectivity index (χ3v) is 9.12. The van der Waals surface area contributed by atoms with E-state index in [2.05, 4.69) is 48.2 Å². The fraction of sp³-hybridized carbons (Fsp3) is 0.355. The number of fused-ring (bicyclic) bond motifs is 3. The van der Waals surface area contributed by atoms with E-state index in [9.17, 15) is 4.39 Å². The summed E-state index contributed by atoms with van der Waals surface area (Å²) in [4.78, 5) is 16.8. The van der Waals surface area contributed by atoms with Crippen molar-refractivity contribution in [2.75, 3.05) is 18.0 Å². The van der Waals surface area contributed by atoms with Crippen LogP contribution in [-0.2, 0) is 18.9 Å². The minimum Gasteiger partial charge on any atom is -0.355 e. The third kappa shape index (κ3) is 3.51. The number of aryl methyl sites for hydroxylation is 2. The molecule has 1 aliphatic heterocycles. The van der Waals surface area contributed by atoms with Crippen LogP contribution < -0.4 is 4.90 Å². The van der Waals surface area contributed by atoms with Crippen LogP contribution in [0.1, 0.15) is 42.1 Å². The summed E-state index contributed by atoms with van der Waals surface area (Å²) >= 11 is 0. The standard InChI is InChI=1S/C31H31FN6/c1-4-31(24-7-5-6-8-26(24)32)23-13-14-38(18-25(23)31)29-16-33-30-28(35-29)12-10-21(34-30)15-20-9-11-27-22(19(20)2)17-37(3)36-27/h5-12,16-17,23,25H,4,13-15,18H2,1-3H3/t23?,25?,31-/m1/s1. The molecule has 3 aromatic heterocycles. The molecule has 3 atom stereocenters. The first-order chi connectivity index (χ1) is 18.5. The molecular weight excluding hydrogens is 475 g/mol. The predicted octanol–water partition coefficient (Wildman–Crippen LogP) is 5.75. The second-order valence-corrected chi connectivity index (χ2v) is 11.0. The van der Waals surface area contributed by atoms with Gasteiger partial charge in [-0.15, -0.1) is 0 Å². The lowest BCUT2D eigenvalue weighted by Crippen LogP contribution is -2.32. The van der Waals surface area contributed by atoms with Gasteiger partial charge in [0.15, 0.2) is 5.65 Å². The Balaban J connectivity index is 1.12. The maximum atomic E-state index is 14.8. The molecule has 0 N–H and O–H groups in total. The molecule has 2 fully saturated rings. The molecule has 0 amide bonds. The number of pyridine rings is 1. The molecule has 38 heavy (non-hydrogen) atoms. The predicted molar refractivity (Wildman–Crippen MR) is 148 cm³/mol. The summed E-state index contributed by atoms with van der Waals surface area (Å²) < 4.78 is 16.6. The van der Waals surface area contributed by atoms with Gasteiger partial charge < -0.3 is 4.90 Å². The molecule has 1 saturated carbocycles. The van der Waals surface area contributed by atoms with Gasteiger partial charge in [0.2, 0.25) is 0 Å². The van der Waals surface area contributed by atoms with Crippen molar-refractivity contribution in [2.24, 2.45) is 18.9 Å². The molecule has 2 unspecified atom stereocenters. The van der Waals surface area contributed by atoms with E-state index in [-0.39, 0.29) is 11.2 Å². The van der Waals surface area contributed by atoms with Gasteiger partial charge in [0.1, 0.15) is 17.2 Å². The second-order valence-electron chi connectivity index (χ2n) is 11.0. The van der Waals surface area contributed by atoms with E-state index in [4.69, 9.17) is 15.0 Å².